The number of nitrogens with zero attached hydrogens (tertiary/aromatic N) is 3. The zero-order valence-corrected chi connectivity index (χ0v) is 17.3. The molecule has 2 aromatic carbocycles. The Hall–Kier alpha value is -3.65. The summed E-state index contributed by atoms with van der Waals surface area (Å²) in [5.74, 6) is 0.0212. The highest BCUT2D eigenvalue weighted by Gasteiger charge is 2.36. The molecule has 1 aromatic heterocycles. The van der Waals surface area contributed by atoms with E-state index in [-0.39, 0.29) is 30.5 Å². The summed E-state index contributed by atoms with van der Waals surface area (Å²) in [6.45, 7) is 0.212. The summed E-state index contributed by atoms with van der Waals surface area (Å²) in [6, 6.07) is 11.6. The van der Waals surface area contributed by atoms with Crippen LogP contribution in [0.25, 0.3) is 11.4 Å². The SMILES string of the molecule is COc1ccc(Cl)cc1N1CC(C(=O)Nc2cnc(-c3cccc(O)c3)nc2)CC1=O. The van der Waals surface area contributed by atoms with E-state index < -0.39 is 5.92 Å². The van der Waals surface area contributed by atoms with E-state index in [1.54, 1.807) is 42.5 Å². The first-order valence-electron chi connectivity index (χ1n) is 9.51. The van der Waals surface area contributed by atoms with Crippen LogP contribution in [-0.4, -0.2) is 40.5 Å². The molecule has 31 heavy (non-hydrogen) atoms. The first kappa shape index (κ1) is 20.6. The first-order chi connectivity index (χ1) is 14.9. The molecule has 1 fully saturated rings. The number of aromatic hydroxyl groups is 1. The molecular weight excluding hydrogens is 420 g/mol. The second-order valence-corrected chi connectivity index (χ2v) is 7.49. The van der Waals surface area contributed by atoms with Gasteiger partial charge in [-0.2, -0.15) is 0 Å². The third-order valence-electron chi connectivity index (χ3n) is 4.95. The highest BCUT2D eigenvalue weighted by molar-refractivity contribution is 6.31. The Morgan fingerprint density at radius 1 is 1.23 bits per heavy atom. The minimum atomic E-state index is -0.540. The number of nitrogens with one attached hydrogen (secondary N) is 1. The standard InChI is InChI=1S/C22H19ClN4O4/c1-31-19-6-5-15(23)9-18(19)27-12-14(8-20(27)29)22(30)26-16-10-24-21(25-11-16)13-3-2-4-17(28)7-13/h2-7,9-11,14,28H,8,12H2,1H3,(H,26,30). The van der Waals surface area contributed by atoms with E-state index in [2.05, 4.69) is 15.3 Å². The molecule has 0 bridgehead atoms. The van der Waals surface area contributed by atoms with Crippen LogP contribution in [0, 0.1) is 5.92 Å². The van der Waals surface area contributed by atoms with Crippen LogP contribution in [0.1, 0.15) is 6.42 Å². The third-order valence-corrected chi connectivity index (χ3v) is 5.19. The highest BCUT2D eigenvalue weighted by atomic mass is 35.5. The van der Waals surface area contributed by atoms with E-state index in [0.29, 0.717) is 33.5 Å². The van der Waals surface area contributed by atoms with Gasteiger partial charge in [-0.25, -0.2) is 9.97 Å². The molecule has 9 heteroatoms. The molecule has 2 N–H and O–H groups in total. The third kappa shape index (κ3) is 4.44. The molecule has 1 atom stereocenters. The van der Waals surface area contributed by atoms with Gasteiger partial charge in [-0.1, -0.05) is 23.7 Å². The maximum absolute atomic E-state index is 12.7. The lowest BCUT2D eigenvalue weighted by molar-refractivity contribution is -0.122. The number of benzene rings is 2. The zero-order valence-electron chi connectivity index (χ0n) is 16.6. The first-order valence-corrected chi connectivity index (χ1v) is 9.88. The van der Waals surface area contributed by atoms with E-state index in [1.165, 1.54) is 24.4 Å². The smallest absolute Gasteiger partial charge is 0.229 e. The van der Waals surface area contributed by atoms with Gasteiger partial charge in [-0.05, 0) is 30.3 Å². The number of hydrogen-bond donors (Lipinski definition) is 2. The van der Waals surface area contributed by atoms with E-state index in [4.69, 9.17) is 16.3 Å². The van der Waals surface area contributed by atoms with E-state index in [1.807, 2.05) is 0 Å². The number of halogens is 1. The van der Waals surface area contributed by atoms with Gasteiger partial charge in [0.05, 0.1) is 36.8 Å². The Morgan fingerprint density at radius 3 is 2.71 bits per heavy atom. The molecule has 0 spiro atoms. The molecule has 2 amide bonds. The van der Waals surface area contributed by atoms with Crippen LogP contribution < -0.4 is 15.0 Å². The summed E-state index contributed by atoms with van der Waals surface area (Å²) in [5, 5.41) is 12.8. The Morgan fingerprint density at radius 2 is 2.00 bits per heavy atom. The lowest BCUT2D eigenvalue weighted by Gasteiger charge is -2.19. The van der Waals surface area contributed by atoms with E-state index in [9.17, 15) is 14.7 Å². The molecule has 0 aliphatic carbocycles. The zero-order chi connectivity index (χ0) is 22.0. The van der Waals surface area contributed by atoms with Gasteiger partial charge in [0.2, 0.25) is 11.8 Å². The van der Waals surface area contributed by atoms with Gasteiger partial charge in [-0.3, -0.25) is 9.59 Å². The number of hydrogen-bond acceptors (Lipinski definition) is 6. The number of carbonyl (C=O) groups is 2. The Kier molecular flexibility index (Phi) is 5.73. The molecule has 2 heterocycles. The molecule has 0 radical (unpaired) electrons. The molecular formula is C22H19ClN4O4. The summed E-state index contributed by atoms with van der Waals surface area (Å²) < 4.78 is 5.32. The Balaban J connectivity index is 1.45. The van der Waals surface area contributed by atoms with Crippen molar-refractivity contribution in [2.24, 2.45) is 5.92 Å². The molecule has 8 nitrogen and oxygen atoms in total. The monoisotopic (exact) mass is 438 g/mol. The van der Waals surface area contributed by atoms with Crippen molar-refractivity contribution in [2.45, 2.75) is 6.42 Å². The van der Waals surface area contributed by atoms with Gasteiger partial charge in [0, 0.05) is 23.6 Å². The number of amides is 2. The predicted molar refractivity (Wildman–Crippen MR) is 116 cm³/mol. The second-order valence-electron chi connectivity index (χ2n) is 7.06. The van der Waals surface area contributed by atoms with Crippen LogP contribution in [0.5, 0.6) is 11.5 Å². The average molecular weight is 439 g/mol. The van der Waals surface area contributed by atoms with Crippen molar-refractivity contribution in [1.82, 2.24) is 9.97 Å². The molecule has 4 rings (SSSR count). The van der Waals surface area contributed by atoms with Crippen molar-refractivity contribution in [1.29, 1.82) is 0 Å². The van der Waals surface area contributed by atoms with E-state index in [0.717, 1.165) is 0 Å². The Bertz CT molecular complexity index is 1140. The van der Waals surface area contributed by atoms with Gasteiger partial charge in [-0.15, -0.1) is 0 Å². The molecule has 3 aromatic rings. The van der Waals surface area contributed by atoms with Crippen LogP contribution in [0.3, 0.4) is 0 Å². The van der Waals surface area contributed by atoms with Crippen LogP contribution in [0.4, 0.5) is 11.4 Å². The molecule has 158 valence electrons. The maximum Gasteiger partial charge on any atom is 0.229 e. The minimum absolute atomic E-state index is 0.0731. The van der Waals surface area contributed by atoms with Gasteiger partial charge in [0.25, 0.3) is 0 Å². The fraction of sp³-hybridized carbons (Fsp3) is 0.182. The van der Waals surface area contributed by atoms with Gasteiger partial charge in [0.1, 0.15) is 11.5 Å². The van der Waals surface area contributed by atoms with Crippen molar-refractivity contribution in [3.8, 4) is 22.9 Å². The molecule has 0 saturated carbocycles. The fourth-order valence-corrected chi connectivity index (χ4v) is 3.59. The summed E-state index contributed by atoms with van der Waals surface area (Å²) in [5.41, 5.74) is 1.61. The second kappa shape index (κ2) is 8.61. The van der Waals surface area contributed by atoms with Gasteiger partial charge in [0.15, 0.2) is 5.82 Å². The van der Waals surface area contributed by atoms with Crippen molar-refractivity contribution in [3.63, 3.8) is 0 Å². The Labute approximate surface area is 183 Å². The van der Waals surface area contributed by atoms with Crippen molar-refractivity contribution >= 4 is 34.8 Å². The topological polar surface area (TPSA) is 105 Å². The number of phenols is 1. The largest absolute Gasteiger partial charge is 0.508 e. The van der Waals surface area contributed by atoms with Gasteiger partial charge < -0.3 is 20.1 Å². The number of anilines is 2. The van der Waals surface area contributed by atoms with Crippen molar-refractivity contribution < 1.29 is 19.4 Å². The summed E-state index contributed by atoms with van der Waals surface area (Å²) in [7, 11) is 1.51. The number of phenolic OH excluding ortho intramolecular Hbond substituents is 1. The van der Waals surface area contributed by atoms with Crippen LogP contribution in [0.15, 0.2) is 54.9 Å². The quantitative estimate of drug-likeness (QED) is 0.631. The van der Waals surface area contributed by atoms with E-state index >= 15 is 0 Å². The lowest BCUT2D eigenvalue weighted by Crippen LogP contribution is -2.28. The molecule has 1 saturated heterocycles. The normalized spacial score (nSPS) is 15.7. The van der Waals surface area contributed by atoms with Crippen LogP contribution in [0.2, 0.25) is 5.02 Å². The average Bonchev–Trinajstić information content (AvgIpc) is 3.16. The number of rotatable bonds is 5. The minimum Gasteiger partial charge on any atom is -0.508 e. The van der Waals surface area contributed by atoms with Crippen LogP contribution in [-0.2, 0) is 9.59 Å². The van der Waals surface area contributed by atoms with Crippen molar-refractivity contribution in [2.75, 3.05) is 23.9 Å². The number of methoxy groups -OCH3 is 1. The lowest BCUT2D eigenvalue weighted by atomic mass is 10.1. The van der Waals surface area contributed by atoms with Crippen molar-refractivity contribution in [3.05, 3.63) is 59.9 Å². The summed E-state index contributed by atoms with van der Waals surface area (Å²) >= 11 is 6.07. The van der Waals surface area contributed by atoms with Gasteiger partial charge >= 0.3 is 0 Å². The van der Waals surface area contributed by atoms with Crippen LogP contribution >= 0.6 is 11.6 Å². The number of aromatic nitrogens is 2. The number of ether oxygens (including phenoxy) is 1. The number of carbonyl (C=O) groups excluding carboxylic acids is 2. The molecule has 1 aliphatic rings. The highest BCUT2D eigenvalue weighted by Crippen LogP contribution is 2.35. The molecule has 1 unspecified atom stereocenters. The fourth-order valence-electron chi connectivity index (χ4n) is 3.42. The predicted octanol–water partition coefficient (Wildman–Crippen LogP) is 3.50. The summed E-state index contributed by atoms with van der Waals surface area (Å²) in [6.07, 6.45) is 3.04. The maximum atomic E-state index is 12.7. The molecule has 1 aliphatic heterocycles. The summed E-state index contributed by atoms with van der Waals surface area (Å²) in [4.78, 5) is 35.3.